The Morgan fingerprint density at radius 1 is 0.926 bits per heavy atom. The summed E-state index contributed by atoms with van der Waals surface area (Å²) in [5, 5.41) is 9.49. The van der Waals surface area contributed by atoms with Crippen LogP contribution < -0.4 is 0 Å². The van der Waals surface area contributed by atoms with Crippen LogP contribution in [0.3, 0.4) is 0 Å². The molecule has 27 heavy (non-hydrogen) atoms. The van der Waals surface area contributed by atoms with Crippen LogP contribution in [-0.2, 0) is 4.89 Å². The molecule has 4 unspecified atom stereocenters. The molecule has 3 heteroatoms. The third-order valence-corrected chi connectivity index (χ3v) is 11.0. The third kappa shape index (κ3) is 3.16. The van der Waals surface area contributed by atoms with Crippen LogP contribution in [0.15, 0.2) is 0 Å². The molecule has 0 bridgehead atoms. The average Bonchev–Trinajstić information content (AvgIpc) is 2.63. The molecule has 10 atom stereocenters. The Bertz CT molecular complexity index is 534. The van der Waals surface area contributed by atoms with E-state index in [9.17, 15) is 5.26 Å². The van der Waals surface area contributed by atoms with Gasteiger partial charge in [0.15, 0.2) is 0 Å². The van der Waals surface area contributed by atoms with Crippen LogP contribution in [0.5, 0.6) is 0 Å². The molecule has 0 aromatic rings. The quantitative estimate of drug-likeness (QED) is 0.324. The minimum atomic E-state index is 0.0185. The van der Waals surface area contributed by atoms with Crippen molar-refractivity contribution in [3.63, 3.8) is 0 Å². The van der Waals surface area contributed by atoms with Gasteiger partial charge in [0.1, 0.15) is 0 Å². The van der Waals surface area contributed by atoms with Gasteiger partial charge < -0.3 is 0 Å². The predicted molar refractivity (Wildman–Crippen MR) is 116 cm³/mol. The third-order valence-electron chi connectivity index (χ3n) is 10.2. The van der Waals surface area contributed by atoms with Crippen molar-refractivity contribution in [2.45, 2.75) is 104 Å². The summed E-state index contributed by atoms with van der Waals surface area (Å²) in [7, 11) is 3.22. The van der Waals surface area contributed by atoms with Gasteiger partial charge in [-0.05, 0) is 110 Å². The van der Waals surface area contributed by atoms with E-state index in [-0.39, 0.29) is 11.5 Å². The second-order valence-corrected chi connectivity index (χ2v) is 12.3. The number of hydrogen-bond acceptors (Lipinski definition) is 2. The van der Waals surface area contributed by atoms with Crippen LogP contribution in [0, 0.1) is 46.3 Å². The minimum absolute atomic E-state index is 0.0185. The van der Waals surface area contributed by atoms with Crippen molar-refractivity contribution < 1.29 is 10.1 Å². The molecule has 1 N–H and O–H groups in total. The molecule has 4 saturated carbocycles. The smallest absolute Gasteiger partial charge is 0.0981 e. The van der Waals surface area contributed by atoms with Crippen LogP contribution >= 0.6 is 9.24 Å². The second-order valence-electron chi connectivity index (χ2n) is 11.5. The minimum Gasteiger partial charge on any atom is -0.252 e. The normalized spacial score (nSPS) is 51.8. The molecule has 0 aromatic carbocycles. The van der Waals surface area contributed by atoms with Crippen molar-refractivity contribution in [2.75, 3.05) is 0 Å². The Morgan fingerprint density at radius 2 is 1.63 bits per heavy atom. The van der Waals surface area contributed by atoms with Crippen LogP contribution in [0.1, 0.15) is 91.9 Å². The van der Waals surface area contributed by atoms with Crippen molar-refractivity contribution in [3.05, 3.63) is 0 Å². The van der Waals surface area contributed by atoms with Crippen LogP contribution in [0.4, 0.5) is 0 Å². The fourth-order valence-electron chi connectivity index (χ4n) is 9.04. The molecule has 2 nitrogen and oxygen atoms in total. The van der Waals surface area contributed by atoms with Gasteiger partial charge in [-0.1, -0.05) is 34.1 Å². The Balaban J connectivity index is 1.58. The molecule has 0 heterocycles. The topological polar surface area (TPSA) is 29.5 Å². The first-order valence-electron chi connectivity index (χ1n) is 11.9. The molecule has 0 aromatic heterocycles. The lowest BCUT2D eigenvalue weighted by Gasteiger charge is -2.65. The first-order valence-corrected chi connectivity index (χ1v) is 12.6. The summed E-state index contributed by atoms with van der Waals surface area (Å²) in [6, 6.07) is 0. The van der Waals surface area contributed by atoms with Gasteiger partial charge in [-0.3, -0.25) is 5.26 Å². The summed E-state index contributed by atoms with van der Waals surface area (Å²) >= 11 is 0. The van der Waals surface area contributed by atoms with Gasteiger partial charge in [-0.25, -0.2) is 4.89 Å². The van der Waals surface area contributed by atoms with Crippen molar-refractivity contribution in [1.29, 1.82) is 0 Å². The van der Waals surface area contributed by atoms with E-state index >= 15 is 0 Å². The van der Waals surface area contributed by atoms with E-state index < -0.39 is 0 Å². The zero-order valence-corrected chi connectivity index (χ0v) is 19.3. The van der Waals surface area contributed by atoms with Gasteiger partial charge in [-0.15, -0.1) is 9.24 Å². The zero-order chi connectivity index (χ0) is 19.4. The largest absolute Gasteiger partial charge is 0.252 e. The highest BCUT2D eigenvalue weighted by molar-refractivity contribution is 7.17. The Kier molecular flexibility index (Phi) is 5.77. The van der Waals surface area contributed by atoms with E-state index in [1.807, 2.05) is 0 Å². The number of rotatable bonds is 3. The van der Waals surface area contributed by atoms with Gasteiger partial charge in [0.05, 0.1) is 6.10 Å². The highest BCUT2D eigenvalue weighted by Crippen LogP contribution is 2.67. The SMILES string of the molecule is CCCC1C(P)CC[C@@H]2C1CC[C@H]1[C@H]2CC[C@H]2C(C)(C)[C@@H](OO)CC[C@]12C. The molecule has 4 fully saturated rings. The maximum atomic E-state index is 9.49. The van der Waals surface area contributed by atoms with E-state index in [0.29, 0.717) is 11.3 Å². The second kappa shape index (κ2) is 7.55. The highest BCUT2D eigenvalue weighted by Gasteiger charge is 2.61. The maximum absolute atomic E-state index is 9.49. The maximum Gasteiger partial charge on any atom is 0.0981 e. The summed E-state index contributed by atoms with van der Waals surface area (Å²) in [5.41, 5.74) is 1.40. The molecule has 0 aliphatic heterocycles. The Hall–Kier alpha value is 0.350. The zero-order valence-electron chi connectivity index (χ0n) is 18.1. The van der Waals surface area contributed by atoms with E-state index in [0.717, 1.165) is 41.7 Å². The van der Waals surface area contributed by atoms with Crippen molar-refractivity contribution in [1.82, 2.24) is 0 Å². The molecule has 0 radical (unpaired) electrons. The first kappa shape index (κ1) is 20.6. The summed E-state index contributed by atoms with van der Waals surface area (Å²) < 4.78 is 0. The monoisotopic (exact) mass is 394 g/mol. The summed E-state index contributed by atoms with van der Waals surface area (Å²) in [6.45, 7) is 9.72. The van der Waals surface area contributed by atoms with Crippen LogP contribution in [0.25, 0.3) is 0 Å². The Morgan fingerprint density at radius 3 is 2.33 bits per heavy atom. The Labute approximate surface area is 169 Å². The summed E-state index contributed by atoms with van der Waals surface area (Å²) in [4.78, 5) is 4.97. The number of hydrogen-bond donors (Lipinski definition) is 1. The molecular formula is C24H43O2P. The van der Waals surface area contributed by atoms with Crippen molar-refractivity contribution >= 4 is 9.24 Å². The van der Waals surface area contributed by atoms with Crippen molar-refractivity contribution in [3.8, 4) is 0 Å². The highest BCUT2D eigenvalue weighted by atomic mass is 31.0. The lowest BCUT2D eigenvalue weighted by Crippen LogP contribution is -2.59. The summed E-state index contributed by atoms with van der Waals surface area (Å²) in [5.74, 6) is 5.50. The summed E-state index contributed by atoms with van der Waals surface area (Å²) in [6.07, 6.45) is 13.7. The standard InChI is InChI=1S/C24H43O2P/c1-5-6-18-16-7-10-19-17(15(16)8-11-20(18)27)9-12-21-23(2,3)22(26-25)13-14-24(19,21)4/h15-22,25H,5-14,27H2,1-4H3/t15-,16?,17+,18?,19+,20?,21+,22+,24-/m1/s1. The number of fused-ring (bicyclic) bond motifs is 5. The molecule has 0 saturated heterocycles. The molecule has 156 valence electrons. The van der Waals surface area contributed by atoms with E-state index in [2.05, 4.69) is 36.9 Å². The molecule has 4 rings (SSSR count). The van der Waals surface area contributed by atoms with Gasteiger partial charge in [-0.2, -0.15) is 0 Å². The van der Waals surface area contributed by atoms with E-state index in [1.54, 1.807) is 0 Å². The molecular weight excluding hydrogens is 351 g/mol. The van der Waals surface area contributed by atoms with Gasteiger partial charge in [0, 0.05) is 0 Å². The van der Waals surface area contributed by atoms with Crippen LogP contribution in [-0.4, -0.2) is 17.0 Å². The fourth-order valence-corrected chi connectivity index (χ4v) is 9.71. The van der Waals surface area contributed by atoms with E-state index in [4.69, 9.17) is 4.89 Å². The first-order chi connectivity index (χ1) is 12.8. The molecule has 0 spiro atoms. The molecule has 4 aliphatic rings. The van der Waals surface area contributed by atoms with Crippen molar-refractivity contribution in [2.24, 2.45) is 46.3 Å². The predicted octanol–water partition coefficient (Wildman–Crippen LogP) is 6.79. The fraction of sp³-hybridized carbons (Fsp3) is 1.00. The van der Waals surface area contributed by atoms with Gasteiger partial charge in [0.2, 0.25) is 0 Å². The molecule has 0 amide bonds. The van der Waals surface area contributed by atoms with Gasteiger partial charge >= 0.3 is 0 Å². The average molecular weight is 395 g/mol. The lowest BCUT2D eigenvalue weighted by atomic mass is 9.41. The van der Waals surface area contributed by atoms with Crippen LogP contribution in [0.2, 0.25) is 0 Å². The van der Waals surface area contributed by atoms with E-state index in [1.165, 1.54) is 57.8 Å². The lowest BCUT2D eigenvalue weighted by molar-refractivity contribution is -0.327. The molecule has 4 aliphatic carbocycles. The van der Waals surface area contributed by atoms with Gasteiger partial charge in [0.25, 0.3) is 0 Å².